The van der Waals surface area contributed by atoms with Crippen LogP contribution in [0.25, 0.3) is 0 Å². The first-order valence-electron chi connectivity index (χ1n) is 7.37. The van der Waals surface area contributed by atoms with Crippen LogP contribution in [0.2, 0.25) is 0 Å². The SMILES string of the molecule is CC(C)NC(=O)[C@@H](C)Oc1ccc(S(=O)(=O)NC2CC2)cc1. The van der Waals surface area contributed by atoms with Gasteiger partial charge in [-0.25, -0.2) is 13.1 Å². The summed E-state index contributed by atoms with van der Waals surface area (Å²) in [6.07, 6.45) is 1.14. The van der Waals surface area contributed by atoms with Crippen molar-refractivity contribution >= 4 is 15.9 Å². The monoisotopic (exact) mass is 326 g/mol. The number of nitrogens with one attached hydrogen (secondary N) is 2. The van der Waals surface area contributed by atoms with Gasteiger partial charge in [0.05, 0.1) is 4.90 Å². The van der Waals surface area contributed by atoms with E-state index < -0.39 is 16.1 Å². The van der Waals surface area contributed by atoms with Crippen molar-refractivity contribution in [1.29, 1.82) is 0 Å². The molecular formula is C15H22N2O4S. The van der Waals surface area contributed by atoms with Gasteiger partial charge in [-0.15, -0.1) is 0 Å². The third-order valence-corrected chi connectivity index (χ3v) is 4.68. The maximum Gasteiger partial charge on any atom is 0.260 e. The molecule has 1 aromatic rings. The molecule has 0 spiro atoms. The predicted molar refractivity (Wildman–Crippen MR) is 83.2 cm³/mol. The number of hydrogen-bond acceptors (Lipinski definition) is 4. The van der Waals surface area contributed by atoms with E-state index >= 15 is 0 Å². The van der Waals surface area contributed by atoms with Gasteiger partial charge < -0.3 is 10.1 Å². The minimum absolute atomic E-state index is 0.0413. The summed E-state index contributed by atoms with van der Waals surface area (Å²) in [6, 6.07) is 6.18. The molecule has 0 aliphatic heterocycles. The van der Waals surface area contributed by atoms with Crippen LogP contribution in [0.1, 0.15) is 33.6 Å². The Morgan fingerprint density at radius 1 is 1.18 bits per heavy atom. The van der Waals surface area contributed by atoms with Crippen molar-refractivity contribution in [2.45, 2.75) is 56.7 Å². The van der Waals surface area contributed by atoms with Gasteiger partial charge in [-0.1, -0.05) is 0 Å². The number of amides is 1. The third kappa shape index (κ3) is 4.71. The van der Waals surface area contributed by atoms with Crippen LogP contribution >= 0.6 is 0 Å². The number of rotatable bonds is 7. The van der Waals surface area contributed by atoms with E-state index in [4.69, 9.17) is 4.74 Å². The summed E-state index contributed by atoms with van der Waals surface area (Å²) in [4.78, 5) is 12.0. The van der Waals surface area contributed by atoms with Crippen LogP contribution in [-0.2, 0) is 14.8 Å². The van der Waals surface area contributed by atoms with Gasteiger partial charge >= 0.3 is 0 Å². The summed E-state index contributed by atoms with van der Waals surface area (Å²) in [5, 5.41) is 2.76. The Bertz CT molecular complexity index is 621. The zero-order chi connectivity index (χ0) is 16.3. The zero-order valence-corrected chi connectivity index (χ0v) is 13.8. The smallest absolute Gasteiger partial charge is 0.260 e. The van der Waals surface area contributed by atoms with E-state index in [0.717, 1.165) is 12.8 Å². The van der Waals surface area contributed by atoms with E-state index in [2.05, 4.69) is 10.0 Å². The molecule has 0 unspecified atom stereocenters. The van der Waals surface area contributed by atoms with E-state index in [1.165, 1.54) is 12.1 Å². The topological polar surface area (TPSA) is 84.5 Å². The van der Waals surface area contributed by atoms with Gasteiger partial charge in [0.1, 0.15) is 5.75 Å². The standard InChI is InChI=1S/C15H22N2O4S/c1-10(2)16-15(18)11(3)21-13-6-8-14(9-7-13)22(19,20)17-12-4-5-12/h6-12,17H,4-5H2,1-3H3,(H,16,18)/t11-/m1/s1. The molecule has 0 saturated heterocycles. The second-order valence-electron chi connectivity index (χ2n) is 5.79. The van der Waals surface area contributed by atoms with Crippen molar-refractivity contribution in [1.82, 2.24) is 10.0 Å². The van der Waals surface area contributed by atoms with Gasteiger partial charge in [-0.3, -0.25) is 4.79 Å². The molecule has 1 fully saturated rings. The third-order valence-electron chi connectivity index (χ3n) is 3.15. The van der Waals surface area contributed by atoms with E-state index in [1.54, 1.807) is 19.1 Å². The lowest BCUT2D eigenvalue weighted by Gasteiger charge is -2.16. The first-order valence-corrected chi connectivity index (χ1v) is 8.85. The molecular weight excluding hydrogens is 304 g/mol. The molecule has 2 rings (SSSR count). The number of hydrogen-bond donors (Lipinski definition) is 2. The van der Waals surface area contributed by atoms with E-state index in [-0.39, 0.29) is 22.9 Å². The molecule has 7 heteroatoms. The average molecular weight is 326 g/mol. The summed E-state index contributed by atoms with van der Waals surface area (Å²) >= 11 is 0. The van der Waals surface area contributed by atoms with Crippen molar-refractivity contribution in [3.05, 3.63) is 24.3 Å². The van der Waals surface area contributed by atoms with Gasteiger partial charge in [0, 0.05) is 12.1 Å². The van der Waals surface area contributed by atoms with Crippen LogP contribution < -0.4 is 14.8 Å². The highest BCUT2D eigenvalue weighted by molar-refractivity contribution is 7.89. The van der Waals surface area contributed by atoms with Gasteiger partial charge in [0.2, 0.25) is 10.0 Å². The Kier molecular flexibility index (Phi) is 5.08. The second-order valence-corrected chi connectivity index (χ2v) is 7.50. The van der Waals surface area contributed by atoms with Crippen molar-refractivity contribution < 1.29 is 17.9 Å². The Hall–Kier alpha value is -1.60. The fourth-order valence-electron chi connectivity index (χ4n) is 1.85. The number of carbonyl (C=O) groups is 1. The van der Waals surface area contributed by atoms with Crippen molar-refractivity contribution in [3.63, 3.8) is 0 Å². The Morgan fingerprint density at radius 3 is 2.27 bits per heavy atom. The molecule has 0 heterocycles. The number of benzene rings is 1. The predicted octanol–water partition coefficient (Wildman–Crippen LogP) is 1.42. The fraction of sp³-hybridized carbons (Fsp3) is 0.533. The van der Waals surface area contributed by atoms with Gasteiger partial charge in [-0.05, 0) is 57.9 Å². The molecule has 1 aliphatic rings. The highest BCUT2D eigenvalue weighted by atomic mass is 32.2. The fourth-order valence-corrected chi connectivity index (χ4v) is 3.15. The summed E-state index contributed by atoms with van der Waals surface area (Å²) in [6.45, 7) is 5.39. The normalized spacial score (nSPS) is 16.4. The lowest BCUT2D eigenvalue weighted by molar-refractivity contribution is -0.127. The molecule has 1 saturated carbocycles. The first-order chi connectivity index (χ1) is 10.3. The van der Waals surface area contributed by atoms with Crippen LogP contribution in [0.4, 0.5) is 0 Å². The van der Waals surface area contributed by atoms with E-state index in [0.29, 0.717) is 5.75 Å². The average Bonchev–Trinajstić information content (AvgIpc) is 3.21. The van der Waals surface area contributed by atoms with Crippen LogP contribution in [0.3, 0.4) is 0 Å². The molecule has 0 aromatic heterocycles. The molecule has 1 atom stereocenters. The molecule has 2 N–H and O–H groups in total. The Morgan fingerprint density at radius 2 is 1.77 bits per heavy atom. The number of carbonyl (C=O) groups excluding carboxylic acids is 1. The van der Waals surface area contributed by atoms with E-state index in [1.807, 2.05) is 13.8 Å². The summed E-state index contributed by atoms with van der Waals surface area (Å²) in [5.74, 6) is 0.249. The summed E-state index contributed by atoms with van der Waals surface area (Å²) < 4.78 is 32.2. The number of sulfonamides is 1. The highest BCUT2D eigenvalue weighted by Crippen LogP contribution is 2.23. The lowest BCUT2D eigenvalue weighted by atomic mass is 10.3. The largest absolute Gasteiger partial charge is 0.481 e. The molecule has 1 aliphatic carbocycles. The van der Waals surface area contributed by atoms with E-state index in [9.17, 15) is 13.2 Å². The van der Waals surface area contributed by atoms with Crippen molar-refractivity contribution in [2.75, 3.05) is 0 Å². The van der Waals surface area contributed by atoms with Crippen LogP contribution in [0.5, 0.6) is 5.75 Å². The van der Waals surface area contributed by atoms with Crippen molar-refractivity contribution in [3.8, 4) is 5.75 Å². The second kappa shape index (κ2) is 6.66. The minimum atomic E-state index is -3.46. The molecule has 6 nitrogen and oxygen atoms in total. The van der Waals surface area contributed by atoms with Gasteiger partial charge in [0.25, 0.3) is 5.91 Å². The number of ether oxygens (including phenoxy) is 1. The highest BCUT2D eigenvalue weighted by Gasteiger charge is 2.28. The van der Waals surface area contributed by atoms with Crippen LogP contribution in [0.15, 0.2) is 29.2 Å². The van der Waals surface area contributed by atoms with Gasteiger partial charge in [0.15, 0.2) is 6.10 Å². The Labute approximate surface area is 131 Å². The zero-order valence-electron chi connectivity index (χ0n) is 13.0. The maximum absolute atomic E-state index is 12.0. The molecule has 0 bridgehead atoms. The summed E-state index contributed by atoms with van der Waals surface area (Å²) in [5.41, 5.74) is 0. The molecule has 1 aromatic carbocycles. The quantitative estimate of drug-likeness (QED) is 0.793. The van der Waals surface area contributed by atoms with Crippen molar-refractivity contribution in [2.24, 2.45) is 0 Å². The molecule has 122 valence electrons. The maximum atomic E-state index is 12.0. The minimum Gasteiger partial charge on any atom is -0.481 e. The van der Waals surface area contributed by atoms with Gasteiger partial charge in [-0.2, -0.15) is 0 Å². The van der Waals surface area contributed by atoms with Crippen LogP contribution in [0, 0.1) is 0 Å². The van der Waals surface area contributed by atoms with Crippen LogP contribution in [-0.4, -0.2) is 32.5 Å². The summed E-state index contributed by atoms with van der Waals surface area (Å²) in [7, 11) is -3.46. The molecule has 0 radical (unpaired) electrons. The lowest BCUT2D eigenvalue weighted by Crippen LogP contribution is -2.40. The Balaban J connectivity index is 1.98. The first kappa shape index (κ1) is 16.8. The molecule has 22 heavy (non-hydrogen) atoms. The molecule has 1 amide bonds.